The van der Waals surface area contributed by atoms with Gasteiger partial charge in [0, 0.05) is 26.4 Å². The second kappa shape index (κ2) is 9.15. The summed E-state index contributed by atoms with van der Waals surface area (Å²) in [6.45, 7) is 6.80. The number of hydrogen-bond donors (Lipinski definition) is 2. The topological polar surface area (TPSA) is 77.4 Å². The van der Waals surface area contributed by atoms with Crippen molar-refractivity contribution in [2.24, 2.45) is 11.8 Å². The second-order valence-electron chi connectivity index (χ2n) is 6.57. The maximum Gasteiger partial charge on any atom is 0.115 e. The van der Waals surface area contributed by atoms with Crippen LogP contribution in [0.5, 0.6) is 0 Å². The van der Waals surface area contributed by atoms with Gasteiger partial charge >= 0.3 is 0 Å². The summed E-state index contributed by atoms with van der Waals surface area (Å²) >= 11 is 0. The van der Waals surface area contributed by atoms with Crippen molar-refractivity contribution in [1.29, 1.82) is 0 Å². The van der Waals surface area contributed by atoms with E-state index in [-0.39, 0.29) is 37.6 Å². The summed E-state index contributed by atoms with van der Waals surface area (Å²) in [5, 5.41) is 17.8. The molecule has 0 aromatic carbocycles. The van der Waals surface area contributed by atoms with E-state index in [2.05, 4.69) is 13.8 Å². The van der Waals surface area contributed by atoms with Crippen LogP contribution in [0, 0.1) is 11.8 Å². The van der Waals surface area contributed by atoms with Crippen molar-refractivity contribution in [2.45, 2.75) is 51.1 Å². The van der Waals surface area contributed by atoms with Gasteiger partial charge in [0.15, 0.2) is 0 Å². The molecule has 0 aromatic heterocycles. The number of rotatable bonds is 10. The third kappa shape index (κ3) is 4.88. The SMILES string of the molecule is CC(CCO)CO[C@H]1CO[C@H]2[C@@H]1OC[C@H]2OCC(C)CCO. The van der Waals surface area contributed by atoms with E-state index >= 15 is 0 Å². The predicted octanol–water partition coefficient (Wildman–Crippen LogP) is 0.591. The lowest BCUT2D eigenvalue weighted by atomic mass is 10.1. The molecule has 2 fully saturated rings. The summed E-state index contributed by atoms with van der Waals surface area (Å²) in [6.07, 6.45) is 1.29. The Morgan fingerprint density at radius 2 is 1.27 bits per heavy atom. The normalized spacial score (nSPS) is 33.8. The predicted molar refractivity (Wildman–Crippen MR) is 80.7 cm³/mol. The first-order chi connectivity index (χ1) is 10.7. The molecule has 0 aliphatic carbocycles. The van der Waals surface area contributed by atoms with Gasteiger partial charge in [-0.2, -0.15) is 0 Å². The smallest absolute Gasteiger partial charge is 0.115 e. The molecule has 0 spiro atoms. The average molecular weight is 318 g/mol. The van der Waals surface area contributed by atoms with Gasteiger partial charge in [0.25, 0.3) is 0 Å². The lowest BCUT2D eigenvalue weighted by Crippen LogP contribution is -2.35. The van der Waals surface area contributed by atoms with Gasteiger partial charge in [-0.1, -0.05) is 13.8 Å². The van der Waals surface area contributed by atoms with Gasteiger partial charge in [0.1, 0.15) is 24.4 Å². The Morgan fingerprint density at radius 1 is 0.864 bits per heavy atom. The van der Waals surface area contributed by atoms with Crippen LogP contribution in [-0.4, -0.2) is 74.3 Å². The zero-order valence-electron chi connectivity index (χ0n) is 13.6. The highest BCUT2D eigenvalue weighted by Crippen LogP contribution is 2.31. The molecule has 2 heterocycles. The molecule has 2 N–H and O–H groups in total. The third-order valence-corrected chi connectivity index (χ3v) is 4.40. The molecule has 6 heteroatoms. The standard InChI is InChI=1S/C16H30O6/c1-11(3-5-17)7-19-13-9-21-16-14(10-22-15(13)16)20-8-12(2)4-6-18/h11-18H,3-10H2,1-2H3/t11?,12?,13-,14+,15-,16-/m1/s1. The van der Waals surface area contributed by atoms with Gasteiger partial charge in [-0.05, 0) is 24.7 Å². The lowest BCUT2D eigenvalue weighted by molar-refractivity contribution is -0.0611. The van der Waals surface area contributed by atoms with Crippen molar-refractivity contribution in [3.63, 3.8) is 0 Å². The van der Waals surface area contributed by atoms with Crippen LogP contribution in [0.1, 0.15) is 26.7 Å². The molecular weight excluding hydrogens is 288 g/mol. The number of aliphatic hydroxyl groups excluding tert-OH is 2. The van der Waals surface area contributed by atoms with E-state index in [1.54, 1.807) is 0 Å². The van der Waals surface area contributed by atoms with Gasteiger partial charge in [0.2, 0.25) is 0 Å². The van der Waals surface area contributed by atoms with Gasteiger partial charge in [-0.25, -0.2) is 0 Å². The summed E-state index contributed by atoms with van der Waals surface area (Å²) in [6, 6.07) is 0. The van der Waals surface area contributed by atoms with E-state index in [1.165, 1.54) is 0 Å². The fourth-order valence-corrected chi connectivity index (χ4v) is 2.90. The molecule has 130 valence electrons. The van der Waals surface area contributed by atoms with E-state index < -0.39 is 0 Å². The second-order valence-corrected chi connectivity index (χ2v) is 6.57. The minimum Gasteiger partial charge on any atom is -0.396 e. The van der Waals surface area contributed by atoms with E-state index in [0.29, 0.717) is 38.3 Å². The zero-order chi connectivity index (χ0) is 15.9. The van der Waals surface area contributed by atoms with Crippen molar-refractivity contribution >= 4 is 0 Å². The molecule has 2 aliphatic rings. The minimum atomic E-state index is -0.0560. The Labute approximate surface area is 132 Å². The first-order valence-corrected chi connectivity index (χ1v) is 8.33. The fourth-order valence-electron chi connectivity index (χ4n) is 2.90. The van der Waals surface area contributed by atoms with Crippen molar-refractivity contribution < 1.29 is 29.2 Å². The highest BCUT2D eigenvalue weighted by atomic mass is 16.6. The van der Waals surface area contributed by atoms with Crippen LogP contribution in [0.4, 0.5) is 0 Å². The van der Waals surface area contributed by atoms with Crippen molar-refractivity contribution in [1.82, 2.24) is 0 Å². The summed E-state index contributed by atoms with van der Waals surface area (Å²) in [4.78, 5) is 0. The van der Waals surface area contributed by atoms with E-state index in [1.807, 2.05) is 0 Å². The Bertz CT molecular complexity index is 283. The maximum absolute atomic E-state index is 8.92. The number of aliphatic hydroxyl groups is 2. The van der Waals surface area contributed by atoms with Crippen LogP contribution in [0.25, 0.3) is 0 Å². The van der Waals surface area contributed by atoms with Gasteiger partial charge in [-0.15, -0.1) is 0 Å². The van der Waals surface area contributed by atoms with Crippen molar-refractivity contribution in [3.05, 3.63) is 0 Å². The number of ether oxygens (including phenoxy) is 4. The Kier molecular flexibility index (Phi) is 7.53. The quantitative estimate of drug-likeness (QED) is 0.614. The van der Waals surface area contributed by atoms with Crippen molar-refractivity contribution in [2.75, 3.05) is 39.6 Å². The summed E-state index contributed by atoms with van der Waals surface area (Å²) < 4.78 is 23.4. The van der Waals surface area contributed by atoms with Crippen LogP contribution in [0.15, 0.2) is 0 Å². The summed E-state index contributed by atoms with van der Waals surface area (Å²) in [5.41, 5.74) is 0. The molecule has 0 radical (unpaired) electrons. The van der Waals surface area contributed by atoms with Gasteiger partial charge in [0.05, 0.1) is 13.2 Å². The molecule has 2 unspecified atom stereocenters. The first kappa shape index (κ1) is 18.1. The van der Waals surface area contributed by atoms with Crippen LogP contribution >= 0.6 is 0 Å². The maximum atomic E-state index is 8.92. The van der Waals surface area contributed by atoms with E-state index in [0.717, 1.165) is 12.8 Å². The number of fused-ring (bicyclic) bond motifs is 1. The number of hydrogen-bond acceptors (Lipinski definition) is 6. The van der Waals surface area contributed by atoms with Crippen molar-refractivity contribution in [3.8, 4) is 0 Å². The average Bonchev–Trinajstić information content (AvgIpc) is 3.06. The van der Waals surface area contributed by atoms with Crippen LogP contribution in [-0.2, 0) is 18.9 Å². The molecule has 0 aromatic rings. The highest BCUT2D eigenvalue weighted by molar-refractivity contribution is 4.96. The minimum absolute atomic E-state index is 0.0467. The van der Waals surface area contributed by atoms with Gasteiger partial charge < -0.3 is 29.2 Å². The summed E-state index contributed by atoms with van der Waals surface area (Å²) in [7, 11) is 0. The molecule has 2 saturated heterocycles. The van der Waals surface area contributed by atoms with Crippen LogP contribution in [0.3, 0.4) is 0 Å². The van der Waals surface area contributed by atoms with Gasteiger partial charge in [-0.3, -0.25) is 0 Å². The monoisotopic (exact) mass is 318 g/mol. The van der Waals surface area contributed by atoms with Crippen LogP contribution < -0.4 is 0 Å². The molecule has 6 atom stereocenters. The Hall–Kier alpha value is -0.240. The molecule has 6 nitrogen and oxygen atoms in total. The Balaban J connectivity index is 1.71. The largest absolute Gasteiger partial charge is 0.396 e. The molecule has 0 bridgehead atoms. The molecule has 2 aliphatic heterocycles. The third-order valence-electron chi connectivity index (χ3n) is 4.40. The van der Waals surface area contributed by atoms with E-state index in [4.69, 9.17) is 29.2 Å². The molecule has 22 heavy (non-hydrogen) atoms. The Morgan fingerprint density at radius 3 is 1.64 bits per heavy atom. The summed E-state index contributed by atoms with van der Waals surface area (Å²) in [5.74, 6) is 0.661. The zero-order valence-corrected chi connectivity index (χ0v) is 13.6. The molecular formula is C16H30O6. The molecule has 0 saturated carbocycles. The first-order valence-electron chi connectivity index (χ1n) is 8.33. The molecule has 0 amide bonds. The van der Waals surface area contributed by atoms with Crippen LogP contribution in [0.2, 0.25) is 0 Å². The van der Waals surface area contributed by atoms with E-state index in [9.17, 15) is 0 Å². The molecule has 2 rings (SSSR count). The highest BCUT2D eigenvalue weighted by Gasteiger charge is 2.48. The lowest BCUT2D eigenvalue weighted by Gasteiger charge is -2.20. The fraction of sp³-hybridized carbons (Fsp3) is 1.00.